The molecule has 0 atom stereocenters. The van der Waals surface area contributed by atoms with E-state index < -0.39 is 5.82 Å². The lowest BCUT2D eigenvalue weighted by molar-refractivity contribution is -0.111. The summed E-state index contributed by atoms with van der Waals surface area (Å²) in [4.78, 5) is 12.5. The molecule has 0 aliphatic carbocycles. The van der Waals surface area contributed by atoms with E-state index >= 15 is 0 Å². The van der Waals surface area contributed by atoms with Crippen LogP contribution in [0.25, 0.3) is 27.7 Å². The van der Waals surface area contributed by atoms with Crippen LogP contribution in [0.1, 0.15) is 25.0 Å². The molecule has 4 rings (SSSR count). The van der Waals surface area contributed by atoms with Gasteiger partial charge >= 0.3 is 0 Å². The minimum Gasteiger partial charge on any atom is -0.493 e. The number of carbonyl (C=O) groups excluding carboxylic acids is 1. The molecule has 0 saturated heterocycles. The van der Waals surface area contributed by atoms with E-state index in [9.17, 15) is 9.18 Å². The average molecular weight is 429 g/mol. The molecule has 0 aliphatic rings. The Balaban J connectivity index is 1.72. The third kappa shape index (κ3) is 4.57. The maximum atomic E-state index is 13.4. The first-order valence-electron chi connectivity index (χ1n) is 10.4. The quantitative estimate of drug-likeness (QED) is 0.336. The molecule has 0 aliphatic heterocycles. The van der Waals surface area contributed by atoms with Crippen molar-refractivity contribution in [1.29, 1.82) is 0 Å². The topological polar surface area (TPSA) is 51.5 Å². The molecule has 0 unspecified atom stereocenters. The van der Waals surface area contributed by atoms with Crippen LogP contribution < -0.4 is 10.1 Å². The first-order chi connectivity index (χ1) is 15.4. The van der Waals surface area contributed by atoms with Crippen molar-refractivity contribution in [2.75, 3.05) is 11.9 Å². The van der Waals surface area contributed by atoms with E-state index in [2.05, 4.69) is 29.6 Å². The SMILES string of the molecule is CCOc1cc2occ(-c3ccc(C)cc3)c2cc1/C(C)=C/C(=O)Nc1cccc(F)c1. The Labute approximate surface area is 186 Å². The zero-order valence-electron chi connectivity index (χ0n) is 18.2. The van der Waals surface area contributed by atoms with Gasteiger partial charge in [0.05, 0.1) is 12.9 Å². The number of fused-ring (bicyclic) bond motifs is 1. The summed E-state index contributed by atoms with van der Waals surface area (Å²) in [5, 5.41) is 3.63. The highest BCUT2D eigenvalue weighted by Crippen LogP contribution is 2.37. The zero-order chi connectivity index (χ0) is 22.7. The molecule has 3 aromatic carbocycles. The monoisotopic (exact) mass is 429 g/mol. The maximum Gasteiger partial charge on any atom is 0.248 e. The van der Waals surface area contributed by atoms with Crippen LogP contribution in [-0.2, 0) is 4.79 Å². The van der Waals surface area contributed by atoms with Gasteiger partial charge in [-0.3, -0.25) is 4.79 Å². The first-order valence-corrected chi connectivity index (χ1v) is 10.4. The van der Waals surface area contributed by atoms with Gasteiger partial charge in [0.1, 0.15) is 17.1 Å². The third-order valence-corrected chi connectivity index (χ3v) is 5.20. The second kappa shape index (κ2) is 9.10. The number of carbonyl (C=O) groups is 1. The molecule has 1 amide bonds. The molecule has 0 fully saturated rings. The molecular weight excluding hydrogens is 405 g/mol. The van der Waals surface area contributed by atoms with Gasteiger partial charge in [-0.1, -0.05) is 35.9 Å². The number of allylic oxidation sites excluding steroid dienone is 1. The lowest BCUT2D eigenvalue weighted by Crippen LogP contribution is -2.09. The molecule has 32 heavy (non-hydrogen) atoms. The summed E-state index contributed by atoms with van der Waals surface area (Å²) in [6, 6.07) is 17.9. The van der Waals surface area contributed by atoms with Gasteiger partial charge < -0.3 is 14.5 Å². The van der Waals surface area contributed by atoms with Gasteiger partial charge in [0.15, 0.2) is 0 Å². The Morgan fingerprint density at radius 1 is 1.12 bits per heavy atom. The number of hydrogen-bond acceptors (Lipinski definition) is 3. The van der Waals surface area contributed by atoms with E-state index in [4.69, 9.17) is 9.15 Å². The summed E-state index contributed by atoms with van der Waals surface area (Å²) < 4.78 is 25.1. The summed E-state index contributed by atoms with van der Waals surface area (Å²) >= 11 is 0. The van der Waals surface area contributed by atoms with Crippen molar-refractivity contribution in [3.8, 4) is 16.9 Å². The van der Waals surface area contributed by atoms with E-state index in [0.29, 0.717) is 23.6 Å². The van der Waals surface area contributed by atoms with Crippen molar-refractivity contribution in [1.82, 2.24) is 0 Å². The van der Waals surface area contributed by atoms with Crippen LogP contribution in [0.5, 0.6) is 5.75 Å². The van der Waals surface area contributed by atoms with Crippen LogP contribution in [0.2, 0.25) is 0 Å². The van der Waals surface area contributed by atoms with Crippen LogP contribution in [0, 0.1) is 12.7 Å². The van der Waals surface area contributed by atoms with Crippen molar-refractivity contribution in [3.63, 3.8) is 0 Å². The highest BCUT2D eigenvalue weighted by molar-refractivity contribution is 6.05. The molecule has 5 heteroatoms. The number of hydrogen-bond donors (Lipinski definition) is 1. The van der Waals surface area contributed by atoms with Crippen LogP contribution in [0.4, 0.5) is 10.1 Å². The van der Waals surface area contributed by atoms with Crippen LogP contribution in [0.3, 0.4) is 0 Å². The Kier molecular flexibility index (Phi) is 6.08. The van der Waals surface area contributed by atoms with Gasteiger partial charge in [0.25, 0.3) is 0 Å². The lowest BCUT2D eigenvalue weighted by atomic mass is 9.98. The van der Waals surface area contributed by atoms with Gasteiger partial charge in [0, 0.05) is 34.3 Å². The van der Waals surface area contributed by atoms with Crippen molar-refractivity contribution < 1.29 is 18.3 Å². The van der Waals surface area contributed by atoms with E-state index in [-0.39, 0.29) is 5.91 Å². The number of benzene rings is 3. The maximum absolute atomic E-state index is 13.4. The largest absolute Gasteiger partial charge is 0.493 e. The molecular formula is C27H24FNO3. The summed E-state index contributed by atoms with van der Waals surface area (Å²) in [6.07, 6.45) is 3.23. The molecule has 4 aromatic rings. The standard InChI is InChI=1S/C27H24FNO3/c1-4-31-25-15-26-23(24(16-32-26)19-10-8-17(2)9-11-19)14-22(25)18(3)12-27(30)29-21-7-5-6-20(28)13-21/h5-16H,4H2,1-3H3,(H,29,30)/b18-12+. The fourth-order valence-corrected chi connectivity index (χ4v) is 3.61. The van der Waals surface area contributed by atoms with E-state index in [1.807, 2.05) is 32.9 Å². The number of aryl methyl sites for hydroxylation is 1. The second-order valence-corrected chi connectivity index (χ2v) is 7.62. The Bertz CT molecular complexity index is 1300. The summed E-state index contributed by atoms with van der Waals surface area (Å²) in [6.45, 7) is 6.28. The van der Waals surface area contributed by atoms with Gasteiger partial charge in [-0.25, -0.2) is 4.39 Å². The molecule has 1 N–H and O–H groups in total. The predicted octanol–water partition coefficient (Wildman–Crippen LogP) is 6.99. The smallest absolute Gasteiger partial charge is 0.248 e. The molecule has 1 aromatic heterocycles. The summed E-state index contributed by atoms with van der Waals surface area (Å²) in [7, 11) is 0. The minimum absolute atomic E-state index is 0.346. The number of anilines is 1. The molecule has 0 spiro atoms. The number of furan rings is 1. The summed E-state index contributed by atoms with van der Waals surface area (Å²) in [5.41, 5.74) is 5.84. The normalized spacial score (nSPS) is 11.6. The van der Waals surface area contributed by atoms with E-state index in [1.54, 1.807) is 18.4 Å². The van der Waals surface area contributed by atoms with Crippen LogP contribution >= 0.6 is 0 Å². The number of ether oxygens (including phenoxy) is 1. The van der Waals surface area contributed by atoms with Crippen molar-refractivity contribution in [2.45, 2.75) is 20.8 Å². The van der Waals surface area contributed by atoms with Crippen molar-refractivity contribution in [2.24, 2.45) is 0 Å². The van der Waals surface area contributed by atoms with Gasteiger partial charge in [-0.15, -0.1) is 0 Å². The fourth-order valence-electron chi connectivity index (χ4n) is 3.61. The number of amides is 1. The Morgan fingerprint density at radius 2 is 1.91 bits per heavy atom. The minimum atomic E-state index is -0.406. The average Bonchev–Trinajstić information content (AvgIpc) is 3.16. The van der Waals surface area contributed by atoms with Crippen LogP contribution in [-0.4, -0.2) is 12.5 Å². The molecule has 162 valence electrons. The lowest BCUT2D eigenvalue weighted by Gasteiger charge is -2.12. The Hall–Kier alpha value is -3.86. The number of rotatable bonds is 6. The fraction of sp³-hybridized carbons (Fsp3) is 0.148. The second-order valence-electron chi connectivity index (χ2n) is 7.62. The van der Waals surface area contributed by atoms with E-state index in [1.165, 1.54) is 23.8 Å². The summed E-state index contributed by atoms with van der Waals surface area (Å²) in [5.74, 6) is -0.116. The number of nitrogens with one attached hydrogen (secondary N) is 1. The van der Waals surface area contributed by atoms with Gasteiger partial charge in [-0.2, -0.15) is 0 Å². The molecule has 0 saturated carbocycles. The molecule has 4 nitrogen and oxygen atoms in total. The zero-order valence-corrected chi connectivity index (χ0v) is 18.2. The highest BCUT2D eigenvalue weighted by atomic mass is 19.1. The number of halogens is 1. The predicted molar refractivity (Wildman–Crippen MR) is 126 cm³/mol. The molecule has 0 radical (unpaired) electrons. The van der Waals surface area contributed by atoms with E-state index in [0.717, 1.165) is 27.6 Å². The third-order valence-electron chi connectivity index (χ3n) is 5.20. The molecule has 1 heterocycles. The van der Waals surface area contributed by atoms with Gasteiger partial charge in [0.2, 0.25) is 5.91 Å². The van der Waals surface area contributed by atoms with Crippen LogP contribution in [0.15, 0.2) is 77.4 Å². The molecule has 0 bridgehead atoms. The van der Waals surface area contributed by atoms with Crippen molar-refractivity contribution in [3.05, 3.63) is 89.9 Å². The highest BCUT2D eigenvalue weighted by Gasteiger charge is 2.15. The van der Waals surface area contributed by atoms with Gasteiger partial charge in [-0.05, 0) is 56.2 Å². The van der Waals surface area contributed by atoms with Crippen molar-refractivity contribution >= 4 is 28.1 Å². The first kappa shape index (κ1) is 21.4. The Morgan fingerprint density at radius 3 is 2.62 bits per heavy atom.